The fourth-order valence-electron chi connectivity index (χ4n) is 15.2. The molecule has 10 aromatic rings. The van der Waals surface area contributed by atoms with Crippen LogP contribution in [-0.2, 0) is 7.05 Å². The highest BCUT2D eigenvalue weighted by atomic mass is 16.2. The number of nitrogens with zero attached hydrogens (tertiary/aromatic N) is 6. The molecular formula is C82H80N8O14. The topological polar surface area (TPSA) is 288 Å². The lowest BCUT2D eigenvalue weighted by molar-refractivity contribution is 0.0559. The van der Waals surface area contributed by atoms with Gasteiger partial charge in [0.1, 0.15) is 0 Å². The summed E-state index contributed by atoms with van der Waals surface area (Å²) in [6.45, 7) is 21.0. The lowest BCUT2D eigenvalue weighted by Crippen LogP contribution is -2.45. The van der Waals surface area contributed by atoms with Gasteiger partial charge in [-0.05, 0) is 123 Å². The molecule has 8 aromatic carbocycles. The Kier molecular flexibility index (Phi) is 19.8. The predicted octanol–water partition coefficient (Wildman–Crippen LogP) is 11.5. The second-order valence-corrected chi connectivity index (χ2v) is 26.5. The van der Waals surface area contributed by atoms with Crippen LogP contribution in [-0.4, -0.2) is 138 Å². The number of amides is 12. The number of aromatic amines is 1. The highest BCUT2D eigenvalue weighted by molar-refractivity contribution is 6.36. The molecule has 8 heterocycles. The Balaban J connectivity index is 0.000000142. The van der Waals surface area contributed by atoms with Crippen LogP contribution in [0.1, 0.15) is 232 Å². The first-order valence-electron chi connectivity index (χ1n) is 34.4. The van der Waals surface area contributed by atoms with Gasteiger partial charge in [0.15, 0.2) is 0 Å². The van der Waals surface area contributed by atoms with Gasteiger partial charge >= 0.3 is 0 Å². The minimum absolute atomic E-state index is 0. The number of hydrogen-bond donors (Lipinski definition) is 2. The predicted molar refractivity (Wildman–Crippen MR) is 399 cm³/mol. The van der Waals surface area contributed by atoms with Crippen LogP contribution in [0.5, 0.6) is 0 Å². The fraction of sp³-hybridized carbons (Fsp3) is 0.293. The average molecular weight is 1400 g/mol. The van der Waals surface area contributed by atoms with Gasteiger partial charge in [0.2, 0.25) is 0 Å². The largest absolute Gasteiger partial charge is 0.322 e. The molecule has 532 valence electrons. The molecule has 6 aliphatic heterocycles. The molecule has 2 unspecified atom stereocenters. The van der Waals surface area contributed by atoms with E-state index in [2.05, 4.69) is 51.2 Å². The van der Waals surface area contributed by atoms with E-state index >= 15 is 0 Å². The number of benzene rings is 8. The summed E-state index contributed by atoms with van der Waals surface area (Å²) in [5.41, 5.74) is 4.29. The SMILES string of the molecule is C.C.C=c1[nH]c(=O)c2ccc3c4c(ccc1c42)C(=O)NC3=O.C=c1c2ccc3c4c(ccc(c(=O)n1C)c42)C(=O)N(C)C3=O.CCCCC(CC)CN1C(=O)c2ccc3c4c(ccc(c24)C1=O)C(=O)N(CC(CC)CCCC)C3=O.CCN1C(=O)c2ccc3c4c(ccc(c24)C1=O)C(=O)N(CC)C3=O. The van der Waals surface area contributed by atoms with Crippen LogP contribution in [0, 0.1) is 11.8 Å². The summed E-state index contributed by atoms with van der Waals surface area (Å²) in [6, 6.07) is 26.3. The molecule has 12 amide bonds. The van der Waals surface area contributed by atoms with Crippen LogP contribution in [0.4, 0.5) is 0 Å². The number of imide groups is 6. The Morgan fingerprint density at radius 1 is 0.346 bits per heavy atom. The van der Waals surface area contributed by atoms with Crippen LogP contribution in [0.2, 0.25) is 0 Å². The van der Waals surface area contributed by atoms with Gasteiger partial charge in [0, 0.05) is 182 Å². The first-order valence-corrected chi connectivity index (χ1v) is 34.4. The standard InChI is InChI=1S/C30H38N2O4.C18H14N2O4.C17H12N2O3.C15H8N2O3.2CH4/c1-5-9-11-19(7-3)17-31-27(33)21-13-15-23-26-24(16-14-22(25(21)26)28(31)34)30(36)32(29(23)35)18-20(8-4)12-10-6-2;1-3-19-15(21)9-5-7-11-14-12(18(24)20(4-2)17(11)23)8-6-10(13(9)14)16(19)22;1-8-9-4-5-11-14-12(17(22)19(3)16(11)21)7-6-10(13(9)14)15(20)18(8)2;1-6-7-2-3-9-12-10(15(20)17-14(9)19)5-4-8(11(7)12)13(18)16-6;;/h13-16,19-20H,5-12,17-18H2,1-4H3;5-8H,3-4H2,1-2H3;4-7H,1H2,2-3H3;2-5H,1H2,(H,16,18)(H,17,19,20);2*1H4. The van der Waals surface area contributed by atoms with Gasteiger partial charge in [0.05, 0.1) is 0 Å². The van der Waals surface area contributed by atoms with Gasteiger partial charge in [0.25, 0.3) is 82.0 Å². The third-order valence-corrected chi connectivity index (χ3v) is 20.9. The second kappa shape index (κ2) is 28.1. The third-order valence-electron chi connectivity index (χ3n) is 20.9. The van der Waals surface area contributed by atoms with Gasteiger partial charge in [-0.3, -0.25) is 96.9 Å². The maximum absolute atomic E-state index is 13.5. The second-order valence-electron chi connectivity index (χ2n) is 26.5. The number of carbonyl (C=O) groups excluding carboxylic acids is 12. The summed E-state index contributed by atoms with van der Waals surface area (Å²) in [7, 11) is 3.13. The Bertz CT molecular complexity index is 5280. The summed E-state index contributed by atoms with van der Waals surface area (Å²) < 4.78 is 1.48. The summed E-state index contributed by atoms with van der Waals surface area (Å²) in [5.74, 6) is -3.98. The fourth-order valence-corrected chi connectivity index (χ4v) is 15.2. The molecule has 0 saturated carbocycles. The maximum atomic E-state index is 13.5. The number of hydrogen-bond acceptors (Lipinski definition) is 14. The molecule has 2 N–H and O–H groups in total. The molecule has 0 spiro atoms. The normalized spacial score (nSPS) is 15.3. The first kappa shape index (κ1) is 73.3. The van der Waals surface area contributed by atoms with Crippen molar-refractivity contribution in [2.24, 2.45) is 18.9 Å². The minimum Gasteiger partial charge on any atom is -0.322 e. The number of aromatic nitrogens is 2. The van der Waals surface area contributed by atoms with E-state index in [4.69, 9.17) is 0 Å². The van der Waals surface area contributed by atoms with Gasteiger partial charge < -0.3 is 9.55 Å². The molecule has 0 saturated heterocycles. The van der Waals surface area contributed by atoms with Crippen molar-refractivity contribution in [3.63, 3.8) is 0 Å². The molecule has 104 heavy (non-hydrogen) atoms. The van der Waals surface area contributed by atoms with Crippen molar-refractivity contribution >= 4 is 149 Å². The van der Waals surface area contributed by atoms with Crippen molar-refractivity contribution in [1.29, 1.82) is 0 Å². The average Bonchev–Trinajstić information content (AvgIpc) is 0.818. The minimum atomic E-state index is -0.442. The van der Waals surface area contributed by atoms with Gasteiger partial charge in [-0.1, -0.05) is 106 Å². The molecule has 2 aromatic heterocycles. The molecular weight excluding hydrogens is 1320 g/mol. The molecule has 22 nitrogen and oxygen atoms in total. The number of pyridine rings is 2. The van der Waals surface area contributed by atoms with Gasteiger partial charge in [-0.2, -0.15) is 0 Å². The number of nitrogens with one attached hydrogen (secondary N) is 2. The van der Waals surface area contributed by atoms with Crippen molar-refractivity contribution < 1.29 is 57.5 Å². The van der Waals surface area contributed by atoms with Crippen LogP contribution in [0.3, 0.4) is 0 Å². The Labute approximate surface area is 597 Å². The monoisotopic (exact) mass is 1400 g/mol. The Morgan fingerprint density at radius 2 is 0.635 bits per heavy atom. The van der Waals surface area contributed by atoms with Crippen molar-refractivity contribution in [1.82, 2.24) is 39.4 Å². The smallest absolute Gasteiger partial charge is 0.261 e. The molecule has 22 heteroatoms. The Hall–Kier alpha value is -11.9. The van der Waals surface area contributed by atoms with Crippen molar-refractivity contribution in [3.8, 4) is 0 Å². The first-order chi connectivity index (χ1) is 48.9. The molecule has 0 aliphatic carbocycles. The number of rotatable bonds is 14. The zero-order valence-electron chi connectivity index (χ0n) is 57.7. The van der Waals surface area contributed by atoms with Crippen molar-refractivity contribution in [2.45, 2.75) is 108 Å². The summed E-state index contributed by atoms with van der Waals surface area (Å²) in [4.78, 5) is 186. The molecule has 6 aliphatic rings. The third kappa shape index (κ3) is 11.2. The van der Waals surface area contributed by atoms with E-state index in [0.717, 1.165) is 67.0 Å². The van der Waals surface area contributed by atoms with Crippen LogP contribution in [0.15, 0.2) is 107 Å². The Morgan fingerprint density at radius 3 is 0.990 bits per heavy atom. The maximum Gasteiger partial charge on any atom is 0.261 e. The van der Waals surface area contributed by atoms with E-state index < -0.39 is 35.4 Å². The lowest BCUT2D eigenvalue weighted by atomic mass is 9.85. The lowest BCUT2D eigenvalue weighted by Gasteiger charge is -2.34. The molecule has 16 rings (SSSR count). The van der Waals surface area contributed by atoms with Crippen LogP contribution in [0.25, 0.3) is 77.8 Å². The van der Waals surface area contributed by atoms with E-state index in [1.54, 1.807) is 118 Å². The van der Waals surface area contributed by atoms with Gasteiger partial charge in [-0.15, -0.1) is 0 Å². The van der Waals surface area contributed by atoms with Crippen molar-refractivity contribution in [2.75, 3.05) is 33.2 Å². The van der Waals surface area contributed by atoms with Gasteiger partial charge in [-0.25, -0.2) is 0 Å². The molecule has 0 bridgehead atoms. The summed E-state index contributed by atoms with van der Waals surface area (Å²) in [5, 5.41) is 9.92. The van der Waals surface area contributed by atoms with E-state index in [0.29, 0.717) is 144 Å². The van der Waals surface area contributed by atoms with E-state index in [1.165, 1.54) is 31.2 Å². The number of unbranched alkanes of at least 4 members (excludes halogenated alkanes) is 2. The van der Waals surface area contributed by atoms with E-state index in [1.807, 2.05) is 0 Å². The number of H-pyrrole nitrogens is 1. The van der Waals surface area contributed by atoms with E-state index in [9.17, 15) is 67.1 Å². The quantitative estimate of drug-likeness (QED) is 0.0958. The molecule has 0 fully saturated rings. The zero-order chi connectivity index (χ0) is 72.9. The molecule has 0 radical (unpaired) electrons. The molecule has 2 atom stereocenters. The number of carbonyl (C=O) groups is 12. The highest BCUT2D eigenvalue weighted by Crippen LogP contribution is 2.42. The van der Waals surface area contributed by atoms with Crippen LogP contribution < -0.4 is 27.1 Å². The summed E-state index contributed by atoms with van der Waals surface area (Å²) in [6.07, 6.45) is 8.00. The summed E-state index contributed by atoms with van der Waals surface area (Å²) >= 11 is 0. The van der Waals surface area contributed by atoms with E-state index in [-0.39, 0.29) is 86.3 Å². The van der Waals surface area contributed by atoms with Crippen molar-refractivity contribution in [3.05, 3.63) is 195 Å². The highest BCUT2D eigenvalue weighted by Gasteiger charge is 2.43. The zero-order valence-corrected chi connectivity index (χ0v) is 57.7. The van der Waals surface area contributed by atoms with Crippen LogP contribution >= 0.6 is 0 Å².